The predicted molar refractivity (Wildman–Crippen MR) is 62.0 cm³/mol. The average Bonchev–Trinajstić information content (AvgIpc) is 2.17. The molecule has 0 radical (unpaired) electrons. The molecule has 0 nitrogen and oxygen atoms in total. The van der Waals surface area contributed by atoms with Gasteiger partial charge in [0.2, 0.25) is 0 Å². The Kier molecular flexibility index (Phi) is 9.63. The molecule has 0 heteroatoms. The van der Waals surface area contributed by atoms with E-state index >= 15 is 0 Å². The lowest BCUT2D eigenvalue weighted by Crippen LogP contribution is -1.80. The molecule has 0 saturated heterocycles. The Morgan fingerprint density at radius 1 is 0.846 bits per heavy atom. The van der Waals surface area contributed by atoms with Gasteiger partial charge in [-0.05, 0) is 25.7 Å². The van der Waals surface area contributed by atoms with Crippen molar-refractivity contribution in [2.24, 2.45) is 0 Å². The molecule has 0 aliphatic heterocycles. The van der Waals surface area contributed by atoms with Crippen LogP contribution in [0.3, 0.4) is 0 Å². The Hall–Kier alpha value is -0.260. The molecule has 0 rings (SSSR count). The second kappa shape index (κ2) is 9.83. The molecular formula is C13H26. The molecule has 0 amide bonds. The number of allylic oxidation sites excluding steroid dienone is 2. The van der Waals surface area contributed by atoms with Gasteiger partial charge in [0.1, 0.15) is 0 Å². The molecule has 0 N–H and O–H groups in total. The summed E-state index contributed by atoms with van der Waals surface area (Å²) in [7, 11) is 0. The SMILES string of the molecule is CCCCCCCC=C(CC)CC. The molecule has 0 bridgehead atoms. The van der Waals surface area contributed by atoms with Crippen molar-refractivity contribution in [3.05, 3.63) is 11.6 Å². The minimum Gasteiger partial charge on any atom is -0.0854 e. The molecule has 0 atom stereocenters. The summed E-state index contributed by atoms with van der Waals surface area (Å²) >= 11 is 0. The van der Waals surface area contributed by atoms with Gasteiger partial charge in [0.05, 0.1) is 0 Å². The molecule has 0 saturated carbocycles. The molecule has 0 aromatic rings. The zero-order chi connectivity index (χ0) is 9.94. The lowest BCUT2D eigenvalue weighted by molar-refractivity contribution is 0.636. The van der Waals surface area contributed by atoms with Gasteiger partial charge in [0.25, 0.3) is 0 Å². The second-order valence-corrected chi connectivity index (χ2v) is 3.77. The van der Waals surface area contributed by atoms with E-state index in [1.807, 2.05) is 0 Å². The van der Waals surface area contributed by atoms with Crippen LogP contribution < -0.4 is 0 Å². The third-order valence-corrected chi connectivity index (χ3v) is 2.65. The molecule has 0 fully saturated rings. The van der Waals surface area contributed by atoms with Crippen LogP contribution in [0.25, 0.3) is 0 Å². The average molecular weight is 182 g/mol. The van der Waals surface area contributed by atoms with Crippen molar-refractivity contribution < 1.29 is 0 Å². The monoisotopic (exact) mass is 182 g/mol. The number of hydrogen-bond donors (Lipinski definition) is 0. The van der Waals surface area contributed by atoms with E-state index < -0.39 is 0 Å². The zero-order valence-corrected chi connectivity index (χ0v) is 9.73. The zero-order valence-electron chi connectivity index (χ0n) is 9.73. The second-order valence-electron chi connectivity index (χ2n) is 3.77. The fourth-order valence-electron chi connectivity index (χ4n) is 1.59. The van der Waals surface area contributed by atoms with Gasteiger partial charge < -0.3 is 0 Å². The predicted octanol–water partition coefficient (Wildman–Crippen LogP) is 5.09. The third-order valence-electron chi connectivity index (χ3n) is 2.65. The summed E-state index contributed by atoms with van der Waals surface area (Å²) in [6.45, 7) is 6.78. The van der Waals surface area contributed by atoms with Crippen LogP contribution in [0.5, 0.6) is 0 Å². The van der Waals surface area contributed by atoms with Gasteiger partial charge in [-0.1, -0.05) is 58.1 Å². The summed E-state index contributed by atoms with van der Waals surface area (Å²) in [6.07, 6.45) is 13.2. The van der Waals surface area contributed by atoms with E-state index in [1.165, 1.54) is 51.4 Å². The highest BCUT2D eigenvalue weighted by molar-refractivity contribution is 4.99. The minimum atomic E-state index is 1.24. The maximum absolute atomic E-state index is 2.45. The molecule has 0 aliphatic carbocycles. The number of unbranched alkanes of at least 4 members (excludes halogenated alkanes) is 5. The van der Waals surface area contributed by atoms with E-state index in [-0.39, 0.29) is 0 Å². The van der Waals surface area contributed by atoms with Gasteiger partial charge in [-0.25, -0.2) is 0 Å². The fraction of sp³-hybridized carbons (Fsp3) is 0.846. The van der Waals surface area contributed by atoms with Gasteiger partial charge in [-0.2, -0.15) is 0 Å². The smallest absolute Gasteiger partial charge is 0.0348 e. The molecule has 0 unspecified atom stereocenters. The summed E-state index contributed by atoms with van der Waals surface area (Å²) in [5, 5.41) is 0. The summed E-state index contributed by atoms with van der Waals surface area (Å²) < 4.78 is 0. The molecular weight excluding hydrogens is 156 g/mol. The van der Waals surface area contributed by atoms with Gasteiger partial charge in [0, 0.05) is 0 Å². The maximum atomic E-state index is 2.45. The van der Waals surface area contributed by atoms with Crippen molar-refractivity contribution in [2.45, 2.75) is 72.1 Å². The maximum Gasteiger partial charge on any atom is -0.0348 e. The lowest BCUT2D eigenvalue weighted by Gasteiger charge is -2.00. The van der Waals surface area contributed by atoms with Gasteiger partial charge >= 0.3 is 0 Å². The van der Waals surface area contributed by atoms with E-state index in [2.05, 4.69) is 26.8 Å². The van der Waals surface area contributed by atoms with Crippen molar-refractivity contribution in [3.63, 3.8) is 0 Å². The van der Waals surface area contributed by atoms with Crippen LogP contribution in [0, 0.1) is 0 Å². The first-order valence-electron chi connectivity index (χ1n) is 6.03. The number of hydrogen-bond acceptors (Lipinski definition) is 0. The highest BCUT2D eigenvalue weighted by Gasteiger charge is 1.90. The van der Waals surface area contributed by atoms with E-state index in [1.54, 1.807) is 5.57 Å². The quantitative estimate of drug-likeness (QED) is 0.362. The van der Waals surface area contributed by atoms with Gasteiger partial charge in [-0.3, -0.25) is 0 Å². The molecule has 0 spiro atoms. The summed E-state index contributed by atoms with van der Waals surface area (Å²) in [4.78, 5) is 0. The highest BCUT2D eigenvalue weighted by atomic mass is 14.0. The first-order chi connectivity index (χ1) is 6.35. The van der Waals surface area contributed by atoms with E-state index in [9.17, 15) is 0 Å². The lowest BCUT2D eigenvalue weighted by atomic mass is 10.1. The molecule has 78 valence electrons. The fourth-order valence-corrected chi connectivity index (χ4v) is 1.59. The van der Waals surface area contributed by atoms with Crippen molar-refractivity contribution in [2.75, 3.05) is 0 Å². The molecule has 0 aliphatic rings. The third kappa shape index (κ3) is 8.08. The van der Waals surface area contributed by atoms with E-state index in [4.69, 9.17) is 0 Å². The Morgan fingerprint density at radius 2 is 1.46 bits per heavy atom. The van der Waals surface area contributed by atoms with Crippen LogP contribution in [0.2, 0.25) is 0 Å². The van der Waals surface area contributed by atoms with Crippen LogP contribution in [0.15, 0.2) is 11.6 Å². The normalized spacial score (nSPS) is 10.1. The van der Waals surface area contributed by atoms with Crippen molar-refractivity contribution in [3.8, 4) is 0 Å². The molecule has 0 aromatic heterocycles. The van der Waals surface area contributed by atoms with Crippen LogP contribution in [0.4, 0.5) is 0 Å². The van der Waals surface area contributed by atoms with Crippen LogP contribution in [-0.2, 0) is 0 Å². The van der Waals surface area contributed by atoms with Crippen molar-refractivity contribution in [1.82, 2.24) is 0 Å². The summed E-state index contributed by atoms with van der Waals surface area (Å²) in [6, 6.07) is 0. The first-order valence-corrected chi connectivity index (χ1v) is 6.03. The summed E-state index contributed by atoms with van der Waals surface area (Å²) in [5.74, 6) is 0. The largest absolute Gasteiger partial charge is 0.0854 e. The Balaban J connectivity index is 3.27. The topological polar surface area (TPSA) is 0 Å². The minimum absolute atomic E-state index is 1.24. The van der Waals surface area contributed by atoms with E-state index in [0.29, 0.717) is 0 Å². The highest BCUT2D eigenvalue weighted by Crippen LogP contribution is 2.10. The van der Waals surface area contributed by atoms with Crippen molar-refractivity contribution in [1.29, 1.82) is 0 Å². The Labute approximate surface area is 84.4 Å². The van der Waals surface area contributed by atoms with Crippen molar-refractivity contribution >= 4 is 0 Å². The van der Waals surface area contributed by atoms with Crippen LogP contribution >= 0.6 is 0 Å². The Morgan fingerprint density at radius 3 is 2.00 bits per heavy atom. The summed E-state index contributed by atoms with van der Waals surface area (Å²) in [5.41, 5.74) is 1.63. The standard InChI is InChI=1S/C13H26/c1-4-7-8-9-10-11-12-13(5-2)6-3/h12H,4-11H2,1-3H3. The van der Waals surface area contributed by atoms with Crippen LogP contribution in [-0.4, -0.2) is 0 Å². The van der Waals surface area contributed by atoms with E-state index in [0.717, 1.165) is 0 Å². The van der Waals surface area contributed by atoms with Crippen LogP contribution in [0.1, 0.15) is 72.1 Å². The first kappa shape index (κ1) is 12.7. The van der Waals surface area contributed by atoms with Gasteiger partial charge in [0.15, 0.2) is 0 Å². The van der Waals surface area contributed by atoms with Gasteiger partial charge in [-0.15, -0.1) is 0 Å². The number of rotatable bonds is 8. The molecule has 13 heavy (non-hydrogen) atoms. The Bertz CT molecular complexity index is 116. The molecule has 0 heterocycles. The molecule has 0 aromatic carbocycles.